The zero-order chi connectivity index (χ0) is 19.8. The molecule has 4 aliphatic carbocycles. The fraction of sp³-hybridized carbons (Fsp3) is 0.440. The molecule has 2 aromatic rings. The summed E-state index contributed by atoms with van der Waals surface area (Å²) in [5.41, 5.74) is 1.29. The Kier molecular flexibility index (Phi) is 4.65. The number of hydrogen-bond acceptors (Lipinski definition) is 3. The second-order valence-corrected chi connectivity index (χ2v) is 9.28. The van der Waals surface area contributed by atoms with Crippen LogP contribution in [0.3, 0.4) is 0 Å². The highest BCUT2D eigenvalue weighted by Gasteiger charge is 2.55. The maximum absolute atomic E-state index is 13.2. The largest absolute Gasteiger partial charge is 0.489 e. The smallest absolute Gasteiger partial charge is 0.292 e. The molecule has 4 fully saturated rings. The predicted molar refractivity (Wildman–Crippen MR) is 111 cm³/mol. The number of amides is 1. The van der Waals surface area contributed by atoms with Gasteiger partial charge in [-0.25, -0.2) is 0 Å². The number of benzene rings is 2. The molecule has 0 aromatic heterocycles. The van der Waals surface area contributed by atoms with E-state index in [2.05, 4.69) is 5.32 Å². The molecule has 0 heterocycles. The number of hydrogen-bond donors (Lipinski definition) is 1. The lowest BCUT2D eigenvalue weighted by molar-refractivity contribution is -0.151. The number of carbonyl (C=O) groups excluding carboxylic acids is 2. The van der Waals surface area contributed by atoms with Gasteiger partial charge in [-0.3, -0.25) is 9.59 Å². The highest BCUT2D eigenvalue weighted by molar-refractivity contribution is 6.42. The Hall–Kier alpha value is -2.62. The third-order valence-electron chi connectivity index (χ3n) is 7.07. The molecule has 0 radical (unpaired) electrons. The second kappa shape index (κ2) is 7.33. The maximum atomic E-state index is 13.2. The van der Waals surface area contributed by atoms with E-state index in [9.17, 15) is 9.59 Å². The van der Waals surface area contributed by atoms with Gasteiger partial charge in [-0.15, -0.1) is 0 Å². The topological polar surface area (TPSA) is 55.4 Å². The van der Waals surface area contributed by atoms with Gasteiger partial charge in [-0.1, -0.05) is 36.4 Å². The molecular weight excluding hydrogens is 362 g/mol. The summed E-state index contributed by atoms with van der Waals surface area (Å²) in [4.78, 5) is 26.0. The van der Waals surface area contributed by atoms with Gasteiger partial charge >= 0.3 is 0 Å². The van der Waals surface area contributed by atoms with Crippen molar-refractivity contribution in [3.63, 3.8) is 0 Å². The highest BCUT2D eigenvalue weighted by Crippen LogP contribution is 2.60. The van der Waals surface area contributed by atoms with Crippen LogP contribution in [0.5, 0.6) is 5.75 Å². The average molecular weight is 389 g/mol. The van der Waals surface area contributed by atoms with Crippen LogP contribution in [-0.4, -0.2) is 11.7 Å². The molecule has 0 aliphatic heterocycles. The number of rotatable bonds is 6. The van der Waals surface area contributed by atoms with Gasteiger partial charge in [0.1, 0.15) is 12.4 Å². The Morgan fingerprint density at radius 1 is 0.897 bits per heavy atom. The Morgan fingerprint density at radius 2 is 1.55 bits per heavy atom. The molecular formula is C25H27NO3. The quantitative estimate of drug-likeness (QED) is 0.708. The highest BCUT2D eigenvalue weighted by atomic mass is 16.5. The first-order valence-corrected chi connectivity index (χ1v) is 10.7. The van der Waals surface area contributed by atoms with Crippen LogP contribution in [-0.2, 0) is 16.2 Å². The summed E-state index contributed by atoms with van der Waals surface area (Å²) in [7, 11) is 0. The zero-order valence-corrected chi connectivity index (χ0v) is 16.6. The Bertz CT molecular complexity index is 885. The number of ketones is 1. The molecule has 4 aliphatic rings. The minimum atomic E-state index is -0.466. The lowest BCUT2D eigenvalue weighted by Gasteiger charge is -2.55. The van der Waals surface area contributed by atoms with E-state index in [-0.39, 0.29) is 5.78 Å². The van der Waals surface area contributed by atoms with Crippen molar-refractivity contribution in [2.45, 2.75) is 45.1 Å². The first-order chi connectivity index (χ1) is 14.1. The van der Waals surface area contributed by atoms with Crippen molar-refractivity contribution < 1.29 is 14.3 Å². The van der Waals surface area contributed by atoms with Crippen molar-refractivity contribution in [3.05, 3.63) is 60.2 Å². The molecule has 0 spiro atoms. The lowest BCUT2D eigenvalue weighted by atomic mass is 9.48. The molecule has 2 aromatic carbocycles. The van der Waals surface area contributed by atoms with E-state index in [1.807, 2.05) is 42.5 Å². The van der Waals surface area contributed by atoms with E-state index in [0.29, 0.717) is 35.8 Å². The number of Topliss-reactive ketones (excluding diaryl/α,β-unsaturated/α-hetero) is 1. The van der Waals surface area contributed by atoms with Crippen LogP contribution in [0, 0.1) is 23.2 Å². The number of anilines is 1. The Morgan fingerprint density at radius 3 is 2.21 bits per heavy atom. The van der Waals surface area contributed by atoms with Gasteiger partial charge in [-0.05, 0) is 74.0 Å². The van der Waals surface area contributed by atoms with Gasteiger partial charge < -0.3 is 10.1 Å². The van der Waals surface area contributed by atoms with E-state index in [1.165, 1.54) is 19.3 Å². The van der Waals surface area contributed by atoms with Gasteiger partial charge in [0.25, 0.3) is 5.91 Å². The van der Waals surface area contributed by atoms with Gasteiger partial charge in [0, 0.05) is 17.2 Å². The van der Waals surface area contributed by atoms with Crippen molar-refractivity contribution in [1.82, 2.24) is 0 Å². The van der Waals surface area contributed by atoms with E-state index < -0.39 is 11.3 Å². The SMILES string of the molecule is O=C(Nc1cccc(OCc2ccccc2)c1)C(=O)C12CC3CC(CC(C3)C1)C2. The van der Waals surface area contributed by atoms with Gasteiger partial charge in [-0.2, -0.15) is 0 Å². The van der Waals surface area contributed by atoms with Crippen LogP contribution in [0.4, 0.5) is 5.69 Å². The summed E-state index contributed by atoms with van der Waals surface area (Å²) < 4.78 is 5.84. The maximum Gasteiger partial charge on any atom is 0.292 e. The third kappa shape index (κ3) is 3.68. The van der Waals surface area contributed by atoms with Crippen molar-refractivity contribution in [1.29, 1.82) is 0 Å². The van der Waals surface area contributed by atoms with E-state index >= 15 is 0 Å². The van der Waals surface area contributed by atoms with Crippen LogP contribution in [0.25, 0.3) is 0 Å². The number of carbonyl (C=O) groups is 2. The minimum absolute atomic E-state index is 0.202. The predicted octanol–water partition coefficient (Wildman–Crippen LogP) is 4.99. The second-order valence-electron chi connectivity index (χ2n) is 9.28. The van der Waals surface area contributed by atoms with Crippen molar-refractivity contribution >= 4 is 17.4 Å². The molecule has 1 amide bonds. The summed E-state index contributed by atoms with van der Waals surface area (Å²) in [6.07, 6.45) is 6.50. The first-order valence-electron chi connectivity index (χ1n) is 10.7. The molecule has 0 unspecified atom stereocenters. The summed E-state index contributed by atoms with van der Waals surface area (Å²) >= 11 is 0. The van der Waals surface area contributed by atoms with Crippen LogP contribution < -0.4 is 10.1 Å². The standard InChI is InChI=1S/C25H27NO3/c27-23(25-13-18-9-19(14-25)11-20(10-18)15-25)24(28)26-21-7-4-8-22(12-21)29-16-17-5-2-1-3-6-17/h1-8,12,18-20H,9-11,13-16H2,(H,26,28). The van der Waals surface area contributed by atoms with Crippen LogP contribution in [0.15, 0.2) is 54.6 Å². The van der Waals surface area contributed by atoms with Crippen LogP contribution in [0.2, 0.25) is 0 Å². The molecule has 4 nitrogen and oxygen atoms in total. The lowest BCUT2D eigenvalue weighted by Crippen LogP contribution is -2.52. The van der Waals surface area contributed by atoms with E-state index in [0.717, 1.165) is 24.8 Å². The van der Waals surface area contributed by atoms with Gasteiger partial charge in [0.05, 0.1) is 0 Å². The molecule has 4 heteroatoms. The monoisotopic (exact) mass is 389 g/mol. The fourth-order valence-electron chi connectivity index (χ4n) is 6.22. The number of ether oxygens (including phenoxy) is 1. The summed E-state index contributed by atoms with van der Waals surface area (Å²) in [6.45, 7) is 0.463. The number of nitrogens with one attached hydrogen (secondary N) is 1. The van der Waals surface area contributed by atoms with Gasteiger partial charge in [0.2, 0.25) is 5.78 Å². The van der Waals surface area contributed by atoms with Crippen molar-refractivity contribution in [2.24, 2.45) is 23.2 Å². The normalized spacial score (nSPS) is 29.4. The van der Waals surface area contributed by atoms with Crippen molar-refractivity contribution in [3.8, 4) is 5.75 Å². The summed E-state index contributed by atoms with van der Waals surface area (Å²) in [5, 5.41) is 2.84. The molecule has 1 N–H and O–H groups in total. The molecule has 0 atom stereocenters. The minimum Gasteiger partial charge on any atom is -0.489 e. The van der Waals surface area contributed by atoms with E-state index in [4.69, 9.17) is 4.74 Å². The van der Waals surface area contributed by atoms with Crippen LogP contribution >= 0.6 is 0 Å². The molecule has 4 bridgehead atoms. The first kappa shape index (κ1) is 18.4. The average Bonchev–Trinajstić information content (AvgIpc) is 2.72. The summed E-state index contributed by atoms with van der Waals surface area (Å²) in [5.74, 6) is 1.95. The third-order valence-corrected chi connectivity index (χ3v) is 7.07. The van der Waals surface area contributed by atoms with E-state index in [1.54, 1.807) is 12.1 Å². The molecule has 4 saturated carbocycles. The zero-order valence-electron chi connectivity index (χ0n) is 16.6. The molecule has 29 heavy (non-hydrogen) atoms. The van der Waals surface area contributed by atoms with Crippen molar-refractivity contribution in [2.75, 3.05) is 5.32 Å². The fourth-order valence-corrected chi connectivity index (χ4v) is 6.22. The Labute approximate surface area is 171 Å². The Balaban J connectivity index is 1.24. The van der Waals surface area contributed by atoms with Crippen LogP contribution in [0.1, 0.15) is 44.1 Å². The molecule has 150 valence electrons. The summed E-state index contributed by atoms with van der Waals surface area (Å²) in [6, 6.07) is 17.2. The van der Waals surface area contributed by atoms with Gasteiger partial charge in [0.15, 0.2) is 0 Å². The molecule has 6 rings (SSSR count). The molecule has 0 saturated heterocycles.